The Morgan fingerprint density at radius 2 is 1.61 bits per heavy atom. The first-order valence-corrected chi connectivity index (χ1v) is 10.6. The lowest BCUT2D eigenvalue weighted by molar-refractivity contribution is -0.140. The maximum Gasteiger partial charge on any atom is 0.355 e. The van der Waals surface area contributed by atoms with E-state index in [0.29, 0.717) is 0 Å². The van der Waals surface area contributed by atoms with Gasteiger partial charge in [-0.05, 0) is 6.07 Å². The standard InChI is InChI=1S/C19H23NO10S/c1-6-31(24,25)15-7-11(17(21)27-3)14(26-2)8-13(15)20-10-30-9-12(18(22)28-4)16(20)19(23)29-5/h7-8H,6,9-10H2,1-5H3. The predicted molar refractivity (Wildman–Crippen MR) is 106 cm³/mol. The van der Waals surface area contributed by atoms with E-state index in [0.717, 1.165) is 32.3 Å². The van der Waals surface area contributed by atoms with Gasteiger partial charge in [0.25, 0.3) is 0 Å². The largest absolute Gasteiger partial charge is 0.496 e. The molecule has 2 rings (SSSR count). The van der Waals surface area contributed by atoms with Gasteiger partial charge in [-0.1, -0.05) is 6.92 Å². The summed E-state index contributed by atoms with van der Waals surface area (Å²) in [5.41, 5.74) is -0.583. The molecule has 0 spiro atoms. The lowest BCUT2D eigenvalue weighted by Crippen LogP contribution is -2.39. The molecule has 0 radical (unpaired) electrons. The Balaban J connectivity index is 2.90. The van der Waals surface area contributed by atoms with Crippen LogP contribution in [0.2, 0.25) is 0 Å². The van der Waals surface area contributed by atoms with Gasteiger partial charge in [-0.3, -0.25) is 0 Å². The van der Waals surface area contributed by atoms with E-state index in [-0.39, 0.29) is 52.3 Å². The SMILES string of the molecule is CCS(=O)(=O)c1cc(C(=O)OC)c(OC)cc1N1COCC(C(=O)OC)=C1C(=O)OC. The Kier molecular flexibility index (Phi) is 7.63. The van der Waals surface area contributed by atoms with Crippen LogP contribution in [0.3, 0.4) is 0 Å². The molecular weight excluding hydrogens is 434 g/mol. The molecule has 0 unspecified atom stereocenters. The summed E-state index contributed by atoms with van der Waals surface area (Å²) in [6.07, 6.45) is 0. The van der Waals surface area contributed by atoms with E-state index in [9.17, 15) is 22.8 Å². The van der Waals surface area contributed by atoms with Gasteiger partial charge >= 0.3 is 17.9 Å². The molecule has 0 atom stereocenters. The molecule has 170 valence electrons. The fraction of sp³-hybridized carbons (Fsp3) is 0.421. The van der Waals surface area contributed by atoms with Crippen LogP contribution in [0.1, 0.15) is 17.3 Å². The first kappa shape index (κ1) is 24.2. The molecular formula is C19H23NO10S. The summed E-state index contributed by atoms with van der Waals surface area (Å²) in [5, 5.41) is 0. The molecule has 11 nitrogen and oxygen atoms in total. The van der Waals surface area contributed by atoms with Crippen LogP contribution in [0.4, 0.5) is 5.69 Å². The van der Waals surface area contributed by atoms with Crippen molar-refractivity contribution in [3.05, 3.63) is 29.0 Å². The van der Waals surface area contributed by atoms with Crippen molar-refractivity contribution in [1.29, 1.82) is 0 Å². The molecule has 1 aliphatic heterocycles. The highest BCUT2D eigenvalue weighted by atomic mass is 32.2. The lowest BCUT2D eigenvalue weighted by atomic mass is 10.1. The second-order valence-corrected chi connectivity index (χ2v) is 8.38. The van der Waals surface area contributed by atoms with Crippen molar-refractivity contribution in [3.8, 4) is 5.75 Å². The zero-order valence-corrected chi connectivity index (χ0v) is 18.5. The van der Waals surface area contributed by atoms with Crippen molar-refractivity contribution in [1.82, 2.24) is 0 Å². The maximum atomic E-state index is 12.9. The molecule has 1 aromatic rings. The third kappa shape index (κ3) is 4.64. The molecule has 0 N–H and O–H groups in total. The smallest absolute Gasteiger partial charge is 0.355 e. The molecule has 1 heterocycles. The number of carbonyl (C=O) groups is 3. The van der Waals surface area contributed by atoms with E-state index in [1.54, 1.807) is 0 Å². The Bertz CT molecular complexity index is 1030. The molecule has 0 saturated carbocycles. The first-order chi connectivity index (χ1) is 14.7. The number of methoxy groups -OCH3 is 4. The Hall–Kier alpha value is -3.12. The van der Waals surface area contributed by atoms with E-state index in [4.69, 9.17) is 23.7 Å². The summed E-state index contributed by atoms with van der Waals surface area (Å²) in [5.74, 6) is -2.87. The van der Waals surface area contributed by atoms with E-state index in [1.807, 2.05) is 0 Å². The highest BCUT2D eigenvalue weighted by Gasteiger charge is 2.36. The molecule has 12 heteroatoms. The number of esters is 3. The van der Waals surface area contributed by atoms with Crippen LogP contribution in [0.5, 0.6) is 5.75 Å². The molecule has 0 fully saturated rings. The van der Waals surface area contributed by atoms with Gasteiger partial charge in [0.15, 0.2) is 9.84 Å². The molecule has 1 aliphatic rings. The van der Waals surface area contributed by atoms with Crippen molar-refractivity contribution in [2.45, 2.75) is 11.8 Å². The van der Waals surface area contributed by atoms with Crippen LogP contribution in [-0.4, -0.2) is 73.9 Å². The van der Waals surface area contributed by atoms with Crippen LogP contribution >= 0.6 is 0 Å². The zero-order valence-electron chi connectivity index (χ0n) is 17.7. The summed E-state index contributed by atoms with van der Waals surface area (Å²) in [7, 11) is 0.748. The van der Waals surface area contributed by atoms with Crippen LogP contribution in [0.15, 0.2) is 28.3 Å². The second kappa shape index (κ2) is 9.79. The van der Waals surface area contributed by atoms with Crippen LogP contribution < -0.4 is 9.64 Å². The van der Waals surface area contributed by atoms with Crippen molar-refractivity contribution in [2.75, 3.05) is 52.4 Å². The molecule has 0 aromatic heterocycles. The summed E-state index contributed by atoms with van der Waals surface area (Å²) >= 11 is 0. The highest BCUT2D eigenvalue weighted by Crippen LogP contribution is 2.37. The van der Waals surface area contributed by atoms with Crippen LogP contribution in [-0.2, 0) is 38.4 Å². The summed E-state index contributed by atoms with van der Waals surface area (Å²) in [6.45, 7) is 0.892. The van der Waals surface area contributed by atoms with Crippen molar-refractivity contribution < 1.29 is 46.5 Å². The zero-order chi connectivity index (χ0) is 23.3. The topological polar surface area (TPSA) is 135 Å². The van der Waals surface area contributed by atoms with Gasteiger partial charge in [-0.25, -0.2) is 22.8 Å². The lowest BCUT2D eigenvalue weighted by Gasteiger charge is -2.32. The Morgan fingerprint density at radius 1 is 1.00 bits per heavy atom. The Morgan fingerprint density at radius 3 is 2.13 bits per heavy atom. The number of carbonyl (C=O) groups excluding carboxylic acids is 3. The van der Waals surface area contributed by atoms with Gasteiger partial charge in [0, 0.05) is 6.07 Å². The summed E-state index contributed by atoms with van der Waals surface area (Å²) in [6, 6.07) is 2.35. The van der Waals surface area contributed by atoms with E-state index in [2.05, 4.69) is 0 Å². The van der Waals surface area contributed by atoms with Gasteiger partial charge in [0.05, 0.1) is 57.0 Å². The number of benzene rings is 1. The molecule has 0 saturated heterocycles. The number of anilines is 1. The van der Waals surface area contributed by atoms with E-state index in [1.165, 1.54) is 20.1 Å². The highest BCUT2D eigenvalue weighted by molar-refractivity contribution is 7.91. The fourth-order valence-electron chi connectivity index (χ4n) is 2.94. The Labute approximate surface area is 179 Å². The number of rotatable bonds is 7. The van der Waals surface area contributed by atoms with Gasteiger partial charge in [-0.2, -0.15) is 0 Å². The van der Waals surface area contributed by atoms with Gasteiger partial charge in [0.1, 0.15) is 23.7 Å². The number of hydrogen-bond acceptors (Lipinski definition) is 11. The minimum absolute atomic E-state index is 0.00805. The predicted octanol–water partition coefficient (Wildman–Crippen LogP) is 0.670. The number of hydrogen-bond donors (Lipinski definition) is 0. The monoisotopic (exact) mass is 457 g/mol. The molecule has 31 heavy (non-hydrogen) atoms. The van der Waals surface area contributed by atoms with Gasteiger partial charge in [0.2, 0.25) is 0 Å². The molecule has 0 aliphatic carbocycles. The van der Waals surface area contributed by atoms with Crippen LogP contribution in [0, 0.1) is 0 Å². The second-order valence-electron chi connectivity index (χ2n) is 6.13. The number of nitrogens with zero attached hydrogens (tertiary/aromatic N) is 1. The fourth-order valence-corrected chi connectivity index (χ4v) is 4.03. The maximum absolute atomic E-state index is 12.9. The van der Waals surface area contributed by atoms with Gasteiger partial charge < -0.3 is 28.6 Å². The molecule has 0 amide bonds. The van der Waals surface area contributed by atoms with Gasteiger partial charge in [-0.15, -0.1) is 0 Å². The van der Waals surface area contributed by atoms with Crippen molar-refractivity contribution in [2.24, 2.45) is 0 Å². The quantitative estimate of drug-likeness (QED) is 0.422. The number of sulfone groups is 1. The van der Waals surface area contributed by atoms with E-state index < -0.39 is 27.7 Å². The minimum atomic E-state index is -3.92. The summed E-state index contributed by atoms with van der Waals surface area (Å²) in [4.78, 5) is 37.8. The van der Waals surface area contributed by atoms with Crippen molar-refractivity contribution >= 4 is 33.4 Å². The van der Waals surface area contributed by atoms with Crippen molar-refractivity contribution in [3.63, 3.8) is 0 Å². The normalized spacial score (nSPS) is 14.2. The minimum Gasteiger partial charge on any atom is -0.496 e. The average molecular weight is 457 g/mol. The number of ether oxygens (including phenoxy) is 5. The first-order valence-electron chi connectivity index (χ1n) is 8.94. The average Bonchev–Trinajstić information content (AvgIpc) is 2.80. The molecule has 0 bridgehead atoms. The van der Waals surface area contributed by atoms with E-state index >= 15 is 0 Å². The van der Waals surface area contributed by atoms with Crippen LogP contribution in [0.25, 0.3) is 0 Å². The summed E-state index contributed by atoms with van der Waals surface area (Å²) < 4.78 is 50.6. The third-order valence-electron chi connectivity index (χ3n) is 4.53. The molecule has 1 aromatic carbocycles. The third-order valence-corrected chi connectivity index (χ3v) is 6.28.